The van der Waals surface area contributed by atoms with Crippen LogP contribution in [-0.4, -0.2) is 5.78 Å². The maximum Gasteiger partial charge on any atom is 0.159 e. The Bertz CT molecular complexity index is 412. The number of rotatable bonds is 6. The first-order chi connectivity index (χ1) is 10.1. The van der Waals surface area contributed by atoms with Crippen molar-refractivity contribution in [3.8, 4) is 0 Å². The van der Waals surface area contributed by atoms with Gasteiger partial charge in [-0.3, -0.25) is 4.79 Å². The van der Waals surface area contributed by atoms with Gasteiger partial charge in [-0.25, -0.2) is 0 Å². The largest absolute Gasteiger partial charge is 0.295 e. The zero-order chi connectivity index (χ0) is 15.7. The minimum absolute atomic E-state index is 0.152. The molecule has 0 bridgehead atoms. The number of carbonyl (C=O) groups is 1. The van der Waals surface area contributed by atoms with Crippen LogP contribution in [0.2, 0.25) is 0 Å². The van der Waals surface area contributed by atoms with Crippen LogP contribution in [0, 0.1) is 11.8 Å². The molecule has 0 aromatic rings. The van der Waals surface area contributed by atoms with Crippen LogP contribution in [0.4, 0.5) is 0 Å². The zero-order valence-corrected chi connectivity index (χ0v) is 14.3. The number of allylic oxidation sites excluding steroid dienone is 6. The van der Waals surface area contributed by atoms with E-state index in [1.165, 1.54) is 44.1 Å². The van der Waals surface area contributed by atoms with Crippen molar-refractivity contribution in [3.05, 3.63) is 35.5 Å². The molecule has 0 heterocycles. The van der Waals surface area contributed by atoms with Crippen LogP contribution in [0.25, 0.3) is 0 Å². The van der Waals surface area contributed by atoms with Crippen molar-refractivity contribution in [2.45, 2.75) is 72.6 Å². The Labute approximate surface area is 131 Å². The Morgan fingerprint density at radius 2 is 1.76 bits per heavy atom. The normalized spacial score (nSPS) is 25.1. The van der Waals surface area contributed by atoms with Crippen molar-refractivity contribution in [3.63, 3.8) is 0 Å². The highest BCUT2D eigenvalue weighted by atomic mass is 16.1. The van der Waals surface area contributed by atoms with E-state index in [0.717, 1.165) is 23.8 Å². The lowest BCUT2D eigenvalue weighted by Gasteiger charge is -2.15. The van der Waals surface area contributed by atoms with Gasteiger partial charge in [0.1, 0.15) is 0 Å². The highest BCUT2D eigenvalue weighted by Gasteiger charge is 2.18. The lowest BCUT2D eigenvalue weighted by atomic mass is 9.91. The second-order valence-electron chi connectivity index (χ2n) is 6.55. The molecule has 21 heavy (non-hydrogen) atoms. The fraction of sp³-hybridized carbons (Fsp3) is 0.650. The molecule has 1 heteroatoms. The van der Waals surface area contributed by atoms with E-state index in [1.807, 2.05) is 25.2 Å². The van der Waals surface area contributed by atoms with E-state index in [1.54, 1.807) is 6.92 Å². The number of ketones is 1. The Morgan fingerprint density at radius 3 is 2.38 bits per heavy atom. The van der Waals surface area contributed by atoms with Crippen LogP contribution >= 0.6 is 0 Å². The Morgan fingerprint density at radius 1 is 1.10 bits per heavy atom. The van der Waals surface area contributed by atoms with Crippen molar-refractivity contribution >= 4 is 5.78 Å². The highest BCUT2D eigenvalue weighted by Crippen LogP contribution is 2.32. The van der Waals surface area contributed by atoms with Gasteiger partial charge in [0.2, 0.25) is 0 Å². The van der Waals surface area contributed by atoms with Crippen molar-refractivity contribution in [1.29, 1.82) is 0 Å². The molecule has 1 rings (SSSR count). The summed E-state index contributed by atoms with van der Waals surface area (Å²) in [5.74, 6) is 1.91. The molecule has 0 aliphatic heterocycles. The monoisotopic (exact) mass is 288 g/mol. The van der Waals surface area contributed by atoms with E-state index in [4.69, 9.17) is 0 Å². The maximum atomic E-state index is 11.7. The molecule has 0 saturated heterocycles. The Balaban J connectivity index is 2.63. The summed E-state index contributed by atoms with van der Waals surface area (Å²) in [6.45, 7) is 8.12. The second-order valence-corrected chi connectivity index (χ2v) is 6.55. The lowest BCUT2D eigenvalue weighted by molar-refractivity contribution is -0.113. The number of hydrogen-bond donors (Lipinski definition) is 0. The fourth-order valence-electron chi connectivity index (χ4n) is 3.31. The summed E-state index contributed by atoms with van der Waals surface area (Å²) < 4.78 is 0. The third-order valence-electron chi connectivity index (χ3n) is 4.67. The maximum absolute atomic E-state index is 11.7. The second kappa shape index (κ2) is 9.76. The van der Waals surface area contributed by atoms with E-state index >= 15 is 0 Å². The van der Waals surface area contributed by atoms with Crippen molar-refractivity contribution < 1.29 is 4.79 Å². The molecule has 0 amide bonds. The summed E-state index contributed by atoms with van der Waals surface area (Å²) in [6, 6.07) is 0. The fourth-order valence-corrected chi connectivity index (χ4v) is 3.31. The predicted molar refractivity (Wildman–Crippen MR) is 92.3 cm³/mol. The first-order valence-corrected chi connectivity index (χ1v) is 8.57. The smallest absolute Gasteiger partial charge is 0.159 e. The molecule has 0 spiro atoms. The summed E-state index contributed by atoms with van der Waals surface area (Å²) in [6.07, 6.45) is 17.3. The SMILES string of the molecule is C\C=C/C=C(\C=C(/C)CC1CCCC(CC)CC1)C(C)=O. The topological polar surface area (TPSA) is 17.1 Å². The summed E-state index contributed by atoms with van der Waals surface area (Å²) in [5, 5.41) is 0. The highest BCUT2D eigenvalue weighted by molar-refractivity contribution is 5.96. The molecule has 1 aliphatic rings. The van der Waals surface area contributed by atoms with Crippen LogP contribution in [0.3, 0.4) is 0 Å². The van der Waals surface area contributed by atoms with Gasteiger partial charge in [-0.05, 0) is 45.4 Å². The standard InChI is InChI=1S/C20H32O/c1-5-7-11-20(17(4)21)15-16(3)14-19-10-8-9-18(6-2)12-13-19/h5,7,11,15,18-19H,6,8-10,12-14H2,1-4H3/b7-5-,16-15+,20-11+. The summed E-state index contributed by atoms with van der Waals surface area (Å²) in [4.78, 5) is 11.7. The van der Waals surface area contributed by atoms with Gasteiger partial charge in [0, 0.05) is 5.57 Å². The molecule has 1 aliphatic carbocycles. The minimum Gasteiger partial charge on any atom is -0.295 e. The molecule has 1 fully saturated rings. The van der Waals surface area contributed by atoms with Gasteiger partial charge >= 0.3 is 0 Å². The Hall–Kier alpha value is -1.11. The van der Waals surface area contributed by atoms with Crippen LogP contribution in [0.15, 0.2) is 35.5 Å². The van der Waals surface area contributed by atoms with Gasteiger partial charge in [0.05, 0.1) is 0 Å². The minimum atomic E-state index is 0.152. The van der Waals surface area contributed by atoms with Gasteiger partial charge < -0.3 is 0 Å². The molecule has 0 radical (unpaired) electrons. The molecule has 0 aromatic carbocycles. The molecule has 118 valence electrons. The lowest BCUT2D eigenvalue weighted by Crippen LogP contribution is -2.02. The molecule has 1 nitrogen and oxygen atoms in total. The summed E-state index contributed by atoms with van der Waals surface area (Å²) >= 11 is 0. The molecule has 2 unspecified atom stereocenters. The predicted octanol–water partition coefficient (Wildman–Crippen LogP) is 6.02. The molecular formula is C20H32O. The molecule has 1 saturated carbocycles. The third kappa shape index (κ3) is 6.93. The first kappa shape index (κ1) is 17.9. The van der Waals surface area contributed by atoms with E-state index in [2.05, 4.69) is 19.9 Å². The zero-order valence-electron chi connectivity index (χ0n) is 14.3. The van der Waals surface area contributed by atoms with Crippen molar-refractivity contribution in [2.24, 2.45) is 11.8 Å². The van der Waals surface area contributed by atoms with Gasteiger partial charge in [-0.2, -0.15) is 0 Å². The quantitative estimate of drug-likeness (QED) is 0.332. The summed E-state index contributed by atoms with van der Waals surface area (Å²) in [7, 11) is 0. The van der Waals surface area contributed by atoms with Crippen LogP contribution in [0.1, 0.15) is 72.6 Å². The average Bonchev–Trinajstić information content (AvgIpc) is 2.68. The number of carbonyl (C=O) groups excluding carboxylic acids is 1. The van der Waals surface area contributed by atoms with Crippen LogP contribution < -0.4 is 0 Å². The van der Waals surface area contributed by atoms with Gasteiger partial charge in [0.25, 0.3) is 0 Å². The molecular weight excluding hydrogens is 256 g/mol. The van der Waals surface area contributed by atoms with Crippen molar-refractivity contribution in [2.75, 3.05) is 0 Å². The van der Waals surface area contributed by atoms with E-state index in [-0.39, 0.29) is 5.78 Å². The summed E-state index contributed by atoms with van der Waals surface area (Å²) in [5.41, 5.74) is 2.17. The van der Waals surface area contributed by atoms with Gasteiger partial charge in [-0.15, -0.1) is 0 Å². The molecule has 0 aromatic heterocycles. The number of hydrogen-bond acceptors (Lipinski definition) is 1. The van der Waals surface area contributed by atoms with Crippen LogP contribution in [0.5, 0.6) is 0 Å². The van der Waals surface area contributed by atoms with Crippen molar-refractivity contribution in [1.82, 2.24) is 0 Å². The van der Waals surface area contributed by atoms with E-state index < -0.39 is 0 Å². The Kier molecular flexibility index (Phi) is 8.34. The van der Waals surface area contributed by atoms with E-state index in [0.29, 0.717) is 0 Å². The van der Waals surface area contributed by atoms with E-state index in [9.17, 15) is 4.79 Å². The van der Waals surface area contributed by atoms with Gasteiger partial charge in [-0.1, -0.05) is 68.9 Å². The first-order valence-electron chi connectivity index (χ1n) is 8.57. The van der Waals surface area contributed by atoms with Crippen LogP contribution in [-0.2, 0) is 4.79 Å². The number of Topliss-reactive ketones (excluding diaryl/α,β-unsaturated/α-hetero) is 1. The molecule has 2 atom stereocenters. The van der Waals surface area contributed by atoms with Gasteiger partial charge in [0.15, 0.2) is 5.78 Å². The molecule has 0 N–H and O–H groups in total. The average molecular weight is 288 g/mol. The third-order valence-corrected chi connectivity index (χ3v) is 4.67.